The summed E-state index contributed by atoms with van der Waals surface area (Å²) in [5, 5.41) is 0. The number of carbonyl (C=O) groups is 1. The second-order valence-corrected chi connectivity index (χ2v) is 5.15. The zero-order valence-electron chi connectivity index (χ0n) is 10.5. The van der Waals surface area contributed by atoms with Gasteiger partial charge in [0.25, 0.3) is 0 Å². The molecule has 4 nitrogen and oxygen atoms in total. The Bertz CT molecular complexity index is 454. The first-order valence-corrected chi connectivity index (χ1v) is 6.65. The van der Waals surface area contributed by atoms with E-state index in [1.54, 1.807) is 0 Å². The highest BCUT2D eigenvalue weighted by Crippen LogP contribution is 2.33. The molecule has 2 saturated heterocycles. The Morgan fingerprint density at radius 1 is 1.11 bits per heavy atom. The third-order valence-electron chi connectivity index (χ3n) is 3.77. The summed E-state index contributed by atoms with van der Waals surface area (Å²) in [5.41, 5.74) is 8.08. The number of amides is 1. The summed E-state index contributed by atoms with van der Waals surface area (Å²) in [4.78, 5) is 16.2. The summed E-state index contributed by atoms with van der Waals surface area (Å²) in [6, 6.07) is 8.15. The summed E-state index contributed by atoms with van der Waals surface area (Å²) in [6.07, 6.45) is 2.94. The number of benzene rings is 1. The van der Waals surface area contributed by atoms with E-state index in [0.29, 0.717) is 13.0 Å². The van der Waals surface area contributed by atoms with E-state index in [4.69, 9.17) is 5.73 Å². The molecule has 4 heteroatoms. The molecule has 1 amide bonds. The van der Waals surface area contributed by atoms with Crippen molar-refractivity contribution in [2.24, 2.45) is 5.73 Å². The van der Waals surface area contributed by atoms with Gasteiger partial charge in [0.05, 0.1) is 11.4 Å². The highest BCUT2D eigenvalue weighted by atomic mass is 16.2. The Morgan fingerprint density at radius 3 is 2.39 bits per heavy atom. The quantitative estimate of drug-likeness (QED) is 0.855. The maximum Gasteiger partial charge on any atom is 0.228 e. The molecule has 96 valence electrons. The Kier molecular flexibility index (Phi) is 2.96. The van der Waals surface area contributed by atoms with E-state index in [0.717, 1.165) is 18.8 Å². The molecule has 2 aliphatic rings. The van der Waals surface area contributed by atoms with Gasteiger partial charge in [0.1, 0.15) is 0 Å². The van der Waals surface area contributed by atoms with E-state index in [9.17, 15) is 4.79 Å². The van der Waals surface area contributed by atoms with Crippen LogP contribution in [0.25, 0.3) is 0 Å². The zero-order valence-corrected chi connectivity index (χ0v) is 10.5. The van der Waals surface area contributed by atoms with Crippen molar-refractivity contribution in [1.82, 2.24) is 0 Å². The summed E-state index contributed by atoms with van der Waals surface area (Å²) in [7, 11) is 0. The van der Waals surface area contributed by atoms with E-state index in [-0.39, 0.29) is 11.9 Å². The summed E-state index contributed by atoms with van der Waals surface area (Å²) < 4.78 is 0. The third kappa shape index (κ3) is 1.97. The fourth-order valence-electron chi connectivity index (χ4n) is 2.89. The van der Waals surface area contributed by atoms with E-state index < -0.39 is 0 Å². The van der Waals surface area contributed by atoms with Crippen molar-refractivity contribution >= 4 is 17.3 Å². The molecular formula is C14H19N3O. The van der Waals surface area contributed by atoms with Gasteiger partial charge in [-0.25, -0.2) is 0 Å². The van der Waals surface area contributed by atoms with Gasteiger partial charge in [-0.3, -0.25) is 4.79 Å². The molecule has 18 heavy (non-hydrogen) atoms. The molecule has 1 aromatic rings. The normalized spacial score (nSPS) is 24.1. The van der Waals surface area contributed by atoms with Crippen molar-refractivity contribution in [1.29, 1.82) is 0 Å². The van der Waals surface area contributed by atoms with Gasteiger partial charge in [0.2, 0.25) is 5.91 Å². The highest BCUT2D eigenvalue weighted by molar-refractivity contribution is 5.99. The molecule has 2 fully saturated rings. The first-order valence-electron chi connectivity index (χ1n) is 6.65. The van der Waals surface area contributed by atoms with Crippen molar-refractivity contribution in [3.05, 3.63) is 24.3 Å². The molecular weight excluding hydrogens is 226 g/mol. The first kappa shape index (κ1) is 11.5. The summed E-state index contributed by atoms with van der Waals surface area (Å²) in [5.74, 6) is 0.147. The van der Waals surface area contributed by atoms with Gasteiger partial charge in [0, 0.05) is 32.1 Å². The number of carbonyl (C=O) groups excluding carboxylic acids is 1. The lowest BCUT2D eigenvalue weighted by Crippen LogP contribution is -2.30. The van der Waals surface area contributed by atoms with Crippen LogP contribution >= 0.6 is 0 Å². The molecule has 1 unspecified atom stereocenters. The van der Waals surface area contributed by atoms with Gasteiger partial charge < -0.3 is 15.5 Å². The fourth-order valence-corrected chi connectivity index (χ4v) is 2.89. The third-order valence-corrected chi connectivity index (χ3v) is 3.77. The van der Waals surface area contributed by atoms with Gasteiger partial charge in [0.15, 0.2) is 0 Å². The van der Waals surface area contributed by atoms with Crippen LogP contribution in [0.4, 0.5) is 11.4 Å². The largest absolute Gasteiger partial charge is 0.370 e. The molecule has 1 aromatic carbocycles. The van der Waals surface area contributed by atoms with E-state index in [1.165, 1.54) is 18.5 Å². The van der Waals surface area contributed by atoms with Crippen LogP contribution in [0.2, 0.25) is 0 Å². The van der Waals surface area contributed by atoms with Crippen LogP contribution in [0, 0.1) is 0 Å². The van der Waals surface area contributed by atoms with Gasteiger partial charge in [-0.15, -0.1) is 0 Å². The van der Waals surface area contributed by atoms with Crippen LogP contribution in [0.3, 0.4) is 0 Å². The second kappa shape index (κ2) is 4.61. The average molecular weight is 245 g/mol. The van der Waals surface area contributed by atoms with Crippen LogP contribution in [0.1, 0.15) is 19.3 Å². The minimum Gasteiger partial charge on any atom is -0.370 e. The van der Waals surface area contributed by atoms with E-state index >= 15 is 0 Å². The van der Waals surface area contributed by atoms with E-state index in [2.05, 4.69) is 11.0 Å². The monoisotopic (exact) mass is 245 g/mol. The molecule has 1 atom stereocenters. The van der Waals surface area contributed by atoms with Crippen LogP contribution in [-0.2, 0) is 4.79 Å². The predicted octanol–water partition coefficient (Wildman–Crippen LogP) is 1.35. The molecule has 0 radical (unpaired) electrons. The zero-order chi connectivity index (χ0) is 12.5. The molecule has 0 aromatic heterocycles. The molecule has 0 aliphatic carbocycles. The van der Waals surface area contributed by atoms with Crippen molar-refractivity contribution in [2.45, 2.75) is 25.3 Å². The maximum atomic E-state index is 12.0. The van der Waals surface area contributed by atoms with Crippen LogP contribution < -0.4 is 15.5 Å². The van der Waals surface area contributed by atoms with Gasteiger partial charge in [-0.2, -0.15) is 0 Å². The first-order chi connectivity index (χ1) is 8.75. The lowest BCUT2D eigenvalue weighted by atomic mass is 10.2. The van der Waals surface area contributed by atoms with Crippen molar-refractivity contribution < 1.29 is 4.79 Å². The van der Waals surface area contributed by atoms with Crippen LogP contribution in [-0.4, -0.2) is 31.6 Å². The van der Waals surface area contributed by atoms with Crippen LogP contribution in [0.15, 0.2) is 24.3 Å². The molecule has 2 heterocycles. The number of nitrogens with zero attached hydrogens (tertiary/aromatic N) is 2. The average Bonchev–Trinajstić information content (AvgIpc) is 2.99. The van der Waals surface area contributed by atoms with Crippen molar-refractivity contribution in [2.75, 3.05) is 29.4 Å². The minimum atomic E-state index is -0.0239. The highest BCUT2D eigenvalue weighted by Gasteiger charge is 2.30. The number of para-hydroxylation sites is 2. The fraction of sp³-hybridized carbons (Fsp3) is 0.500. The standard InChI is InChI=1S/C14H19N3O/c15-11-9-14(18)17(10-11)13-6-2-1-5-12(13)16-7-3-4-8-16/h1-2,5-6,11H,3-4,7-10,15H2. The second-order valence-electron chi connectivity index (χ2n) is 5.15. The maximum absolute atomic E-state index is 12.0. The molecule has 0 saturated carbocycles. The predicted molar refractivity (Wildman–Crippen MR) is 72.8 cm³/mol. The molecule has 0 bridgehead atoms. The Hall–Kier alpha value is -1.55. The summed E-state index contributed by atoms with van der Waals surface area (Å²) in [6.45, 7) is 2.82. The molecule has 3 rings (SSSR count). The number of nitrogens with two attached hydrogens (primary N) is 1. The van der Waals surface area contributed by atoms with E-state index in [1.807, 2.05) is 23.1 Å². The molecule has 2 aliphatic heterocycles. The number of anilines is 2. The smallest absolute Gasteiger partial charge is 0.228 e. The lowest BCUT2D eigenvalue weighted by molar-refractivity contribution is -0.117. The molecule has 2 N–H and O–H groups in total. The van der Waals surface area contributed by atoms with Gasteiger partial charge in [-0.1, -0.05) is 12.1 Å². The van der Waals surface area contributed by atoms with Crippen molar-refractivity contribution in [3.8, 4) is 0 Å². The Morgan fingerprint density at radius 2 is 1.78 bits per heavy atom. The number of hydrogen-bond donors (Lipinski definition) is 1. The number of rotatable bonds is 2. The summed E-state index contributed by atoms with van der Waals surface area (Å²) >= 11 is 0. The Balaban J connectivity index is 1.93. The van der Waals surface area contributed by atoms with Gasteiger partial charge >= 0.3 is 0 Å². The number of hydrogen-bond acceptors (Lipinski definition) is 3. The topological polar surface area (TPSA) is 49.6 Å². The van der Waals surface area contributed by atoms with Crippen molar-refractivity contribution in [3.63, 3.8) is 0 Å². The lowest BCUT2D eigenvalue weighted by Gasteiger charge is -2.26. The van der Waals surface area contributed by atoms with Gasteiger partial charge in [-0.05, 0) is 25.0 Å². The SMILES string of the molecule is NC1CC(=O)N(c2ccccc2N2CCCC2)C1. The van der Waals surface area contributed by atoms with Crippen LogP contribution in [0.5, 0.6) is 0 Å². The molecule has 0 spiro atoms. The Labute approximate surface area is 107 Å². The minimum absolute atomic E-state index is 0.0239.